The van der Waals surface area contributed by atoms with Gasteiger partial charge in [0, 0.05) is 36.0 Å². The minimum Gasteiger partial charge on any atom is -0.370 e. The van der Waals surface area contributed by atoms with E-state index in [2.05, 4.69) is 53.6 Å². The highest BCUT2D eigenvalue weighted by Gasteiger charge is 2.05. The van der Waals surface area contributed by atoms with Gasteiger partial charge in [-0.3, -0.25) is 0 Å². The molecule has 2 N–H and O–H groups in total. The van der Waals surface area contributed by atoms with Gasteiger partial charge in [0.2, 0.25) is 0 Å². The van der Waals surface area contributed by atoms with Crippen molar-refractivity contribution in [3.05, 3.63) is 58.6 Å². The molecule has 0 aliphatic heterocycles. The van der Waals surface area contributed by atoms with Crippen molar-refractivity contribution in [2.24, 2.45) is 0 Å². The number of anilines is 2. The van der Waals surface area contributed by atoms with E-state index >= 15 is 0 Å². The van der Waals surface area contributed by atoms with Gasteiger partial charge >= 0.3 is 0 Å². The Balaban J connectivity index is 1.85. The predicted octanol–water partition coefficient (Wildman–Crippen LogP) is 4.77. The van der Waals surface area contributed by atoms with Crippen LogP contribution in [0.3, 0.4) is 0 Å². The van der Waals surface area contributed by atoms with Crippen molar-refractivity contribution >= 4 is 40.3 Å². The van der Waals surface area contributed by atoms with Crippen molar-refractivity contribution in [2.45, 2.75) is 20.8 Å². The second kappa shape index (κ2) is 8.90. The Hall–Kier alpha value is -1.78. The van der Waals surface area contributed by atoms with Crippen LogP contribution in [0.2, 0.25) is 5.02 Å². The van der Waals surface area contributed by atoms with Crippen LogP contribution < -0.4 is 15.5 Å². The zero-order valence-corrected chi connectivity index (χ0v) is 16.0. The third-order valence-electron chi connectivity index (χ3n) is 3.85. The Morgan fingerprint density at radius 3 is 2.62 bits per heavy atom. The minimum atomic E-state index is 0.626. The number of nitrogens with zero attached hydrogens (tertiary/aromatic N) is 1. The van der Waals surface area contributed by atoms with E-state index in [1.54, 1.807) is 0 Å². The number of thiocarbonyl (C=S) groups is 1. The Bertz CT molecular complexity index is 703. The first-order valence-corrected chi connectivity index (χ1v) is 8.91. The number of likely N-dealkylation sites (N-methyl/N-ethyl adjacent to an activating group) is 1. The molecule has 2 rings (SSSR count). The van der Waals surface area contributed by atoms with E-state index in [0.717, 1.165) is 35.9 Å². The summed E-state index contributed by atoms with van der Waals surface area (Å²) in [5.74, 6) is 0. The van der Waals surface area contributed by atoms with Crippen LogP contribution in [0.15, 0.2) is 42.5 Å². The summed E-state index contributed by atoms with van der Waals surface area (Å²) < 4.78 is 0. The molecule has 2 aromatic rings. The van der Waals surface area contributed by atoms with E-state index < -0.39 is 0 Å². The van der Waals surface area contributed by atoms with Crippen LogP contribution in [-0.2, 0) is 0 Å². The van der Waals surface area contributed by atoms with Gasteiger partial charge in [-0.15, -0.1) is 0 Å². The summed E-state index contributed by atoms with van der Waals surface area (Å²) >= 11 is 11.4. The first-order valence-electron chi connectivity index (χ1n) is 8.12. The molecule has 0 fully saturated rings. The molecule has 0 heterocycles. The smallest absolute Gasteiger partial charge is 0.170 e. The van der Waals surface area contributed by atoms with Crippen LogP contribution in [0.5, 0.6) is 0 Å². The first kappa shape index (κ1) is 18.6. The van der Waals surface area contributed by atoms with Crippen LogP contribution in [-0.4, -0.2) is 24.7 Å². The van der Waals surface area contributed by atoms with Gasteiger partial charge in [-0.05, 0) is 74.4 Å². The lowest BCUT2D eigenvalue weighted by molar-refractivity contribution is 0.779. The minimum absolute atomic E-state index is 0.626. The van der Waals surface area contributed by atoms with Crippen molar-refractivity contribution in [1.29, 1.82) is 0 Å². The molecule has 0 saturated heterocycles. The van der Waals surface area contributed by atoms with Crippen molar-refractivity contribution < 1.29 is 0 Å². The fourth-order valence-electron chi connectivity index (χ4n) is 2.53. The maximum Gasteiger partial charge on any atom is 0.170 e. The third kappa shape index (κ3) is 5.39. The Kier molecular flexibility index (Phi) is 6.88. The van der Waals surface area contributed by atoms with Gasteiger partial charge in [0.25, 0.3) is 0 Å². The molecule has 0 radical (unpaired) electrons. The maximum atomic E-state index is 5.98. The summed E-state index contributed by atoms with van der Waals surface area (Å²) in [4.78, 5) is 2.33. The second-order valence-electron chi connectivity index (χ2n) is 5.76. The number of aryl methyl sites for hydroxylation is 2. The van der Waals surface area contributed by atoms with Gasteiger partial charge in [-0.1, -0.05) is 23.7 Å². The molecule has 0 unspecified atom stereocenters. The molecular formula is C19H24ClN3S. The molecule has 0 aromatic heterocycles. The summed E-state index contributed by atoms with van der Waals surface area (Å²) in [6, 6.07) is 14.3. The first-order chi connectivity index (χ1) is 11.5. The quantitative estimate of drug-likeness (QED) is 0.725. The standard InChI is InChI=1S/C19H24ClN3S/c1-4-23(17-7-5-6-14(2)12-17)11-10-21-19(24)22-18-9-8-16(20)13-15(18)3/h5-9,12-13H,4,10-11H2,1-3H3,(H2,21,22,24). The van der Waals surface area contributed by atoms with Crippen LogP contribution in [0.1, 0.15) is 18.1 Å². The van der Waals surface area contributed by atoms with Crippen LogP contribution in [0.25, 0.3) is 0 Å². The molecule has 0 aliphatic carbocycles. The monoisotopic (exact) mass is 361 g/mol. The molecule has 0 amide bonds. The second-order valence-corrected chi connectivity index (χ2v) is 6.60. The largest absolute Gasteiger partial charge is 0.370 e. The van der Waals surface area contributed by atoms with E-state index in [9.17, 15) is 0 Å². The zero-order chi connectivity index (χ0) is 17.5. The lowest BCUT2D eigenvalue weighted by Gasteiger charge is -2.24. The molecule has 0 aliphatic rings. The third-order valence-corrected chi connectivity index (χ3v) is 4.33. The molecule has 2 aromatic carbocycles. The number of nitrogens with one attached hydrogen (secondary N) is 2. The molecule has 0 atom stereocenters. The molecule has 0 bridgehead atoms. The van der Waals surface area contributed by atoms with Crippen LogP contribution in [0, 0.1) is 13.8 Å². The SMILES string of the molecule is CCN(CCNC(=S)Nc1ccc(Cl)cc1C)c1cccc(C)c1. The fraction of sp³-hybridized carbons (Fsp3) is 0.316. The number of halogens is 1. The summed E-state index contributed by atoms with van der Waals surface area (Å²) in [5, 5.41) is 7.84. The van der Waals surface area contributed by atoms with Gasteiger partial charge in [0.15, 0.2) is 5.11 Å². The highest BCUT2D eigenvalue weighted by atomic mass is 35.5. The lowest BCUT2D eigenvalue weighted by Crippen LogP contribution is -2.37. The normalized spacial score (nSPS) is 10.3. The summed E-state index contributed by atoms with van der Waals surface area (Å²) in [6.07, 6.45) is 0. The van der Waals surface area contributed by atoms with Crippen molar-refractivity contribution in [2.75, 3.05) is 29.9 Å². The predicted molar refractivity (Wildman–Crippen MR) is 109 cm³/mol. The van der Waals surface area contributed by atoms with E-state index in [-0.39, 0.29) is 0 Å². The topological polar surface area (TPSA) is 27.3 Å². The zero-order valence-electron chi connectivity index (χ0n) is 14.4. The molecule has 0 saturated carbocycles. The molecule has 128 valence electrons. The summed E-state index contributed by atoms with van der Waals surface area (Å²) in [7, 11) is 0. The average Bonchev–Trinajstić information content (AvgIpc) is 2.54. The molecule has 0 spiro atoms. The maximum absolute atomic E-state index is 5.98. The van der Waals surface area contributed by atoms with Gasteiger partial charge in [-0.25, -0.2) is 0 Å². The molecule has 3 nitrogen and oxygen atoms in total. The average molecular weight is 362 g/mol. The van der Waals surface area contributed by atoms with Crippen molar-refractivity contribution in [1.82, 2.24) is 5.32 Å². The van der Waals surface area contributed by atoms with Gasteiger partial charge < -0.3 is 15.5 Å². The van der Waals surface area contributed by atoms with E-state index in [1.165, 1.54) is 11.3 Å². The van der Waals surface area contributed by atoms with Gasteiger partial charge in [0.1, 0.15) is 0 Å². The Labute approximate surface area is 155 Å². The van der Waals surface area contributed by atoms with E-state index in [4.69, 9.17) is 23.8 Å². The lowest BCUT2D eigenvalue weighted by atomic mass is 10.2. The van der Waals surface area contributed by atoms with E-state index in [0.29, 0.717) is 5.11 Å². The Morgan fingerprint density at radius 1 is 1.17 bits per heavy atom. The highest BCUT2D eigenvalue weighted by Crippen LogP contribution is 2.19. The Morgan fingerprint density at radius 2 is 1.96 bits per heavy atom. The van der Waals surface area contributed by atoms with Crippen LogP contribution in [0.4, 0.5) is 11.4 Å². The van der Waals surface area contributed by atoms with Gasteiger partial charge in [-0.2, -0.15) is 0 Å². The van der Waals surface area contributed by atoms with Crippen LogP contribution >= 0.6 is 23.8 Å². The molecule has 24 heavy (non-hydrogen) atoms. The fourth-order valence-corrected chi connectivity index (χ4v) is 2.97. The summed E-state index contributed by atoms with van der Waals surface area (Å²) in [6.45, 7) is 8.91. The highest BCUT2D eigenvalue weighted by molar-refractivity contribution is 7.80. The van der Waals surface area contributed by atoms with Crippen molar-refractivity contribution in [3.8, 4) is 0 Å². The number of benzene rings is 2. The molecular weight excluding hydrogens is 338 g/mol. The number of hydrogen-bond donors (Lipinski definition) is 2. The number of rotatable bonds is 6. The molecule has 5 heteroatoms. The van der Waals surface area contributed by atoms with E-state index in [1.807, 2.05) is 25.1 Å². The van der Waals surface area contributed by atoms with Gasteiger partial charge in [0.05, 0.1) is 0 Å². The number of hydrogen-bond acceptors (Lipinski definition) is 2. The summed E-state index contributed by atoms with van der Waals surface area (Å²) in [5.41, 5.74) is 4.56. The van der Waals surface area contributed by atoms with Crippen molar-refractivity contribution in [3.63, 3.8) is 0 Å².